The molecular formula is C23H15ClFN5O2. The molecule has 0 spiro atoms. The van der Waals surface area contributed by atoms with Crippen molar-refractivity contribution < 1.29 is 13.6 Å². The molecule has 7 nitrogen and oxygen atoms in total. The number of carbonyl (C=O) groups excluding carboxylic acids is 1. The number of hydrazine groups is 1. The lowest BCUT2D eigenvalue weighted by Crippen LogP contribution is -2.29. The van der Waals surface area contributed by atoms with Gasteiger partial charge in [-0.3, -0.25) is 20.0 Å². The smallest absolute Gasteiger partial charge is 0.306 e. The van der Waals surface area contributed by atoms with Crippen LogP contribution in [0.15, 0.2) is 83.7 Å². The summed E-state index contributed by atoms with van der Waals surface area (Å²) in [6, 6.07) is 16.4. The third kappa shape index (κ3) is 3.67. The average molecular weight is 448 g/mol. The molecule has 0 aliphatic carbocycles. The van der Waals surface area contributed by atoms with Crippen molar-refractivity contribution in [2.75, 3.05) is 5.43 Å². The van der Waals surface area contributed by atoms with Crippen molar-refractivity contribution in [1.82, 2.24) is 19.8 Å². The van der Waals surface area contributed by atoms with Crippen LogP contribution >= 0.6 is 11.6 Å². The minimum Gasteiger partial charge on any atom is -0.432 e. The second-order valence-corrected chi connectivity index (χ2v) is 7.27. The van der Waals surface area contributed by atoms with E-state index in [1.807, 2.05) is 6.07 Å². The van der Waals surface area contributed by atoms with E-state index < -0.39 is 0 Å². The maximum atomic E-state index is 13.4. The topological polar surface area (TPSA) is 84.5 Å². The molecule has 2 N–H and O–H groups in total. The van der Waals surface area contributed by atoms with Crippen molar-refractivity contribution in [3.05, 3.63) is 95.7 Å². The Hall–Kier alpha value is -4.17. The molecule has 0 bridgehead atoms. The van der Waals surface area contributed by atoms with E-state index >= 15 is 0 Å². The molecule has 1 amide bonds. The summed E-state index contributed by atoms with van der Waals surface area (Å²) in [6.07, 6.45) is 4.93. The summed E-state index contributed by atoms with van der Waals surface area (Å²) in [6.45, 7) is 0. The largest absolute Gasteiger partial charge is 0.432 e. The first kappa shape index (κ1) is 19.8. The van der Waals surface area contributed by atoms with Gasteiger partial charge in [-0.1, -0.05) is 23.7 Å². The minimum absolute atomic E-state index is 0.325. The van der Waals surface area contributed by atoms with E-state index in [-0.39, 0.29) is 11.7 Å². The molecule has 0 unspecified atom stereocenters. The zero-order valence-electron chi connectivity index (χ0n) is 16.4. The van der Waals surface area contributed by atoms with Crippen molar-refractivity contribution >= 4 is 29.2 Å². The molecule has 3 heterocycles. The summed E-state index contributed by atoms with van der Waals surface area (Å²) >= 11 is 6.05. The third-order valence-corrected chi connectivity index (χ3v) is 5.17. The quantitative estimate of drug-likeness (QED) is 0.361. The van der Waals surface area contributed by atoms with Crippen LogP contribution in [0.5, 0.6) is 0 Å². The van der Waals surface area contributed by atoms with Crippen LogP contribution in [-0.2, 0) is 0 Å². The lowest BCUT2D eigenvalue weighted by molar-refractivity contribution is 0.0962. The van der Waals surface area contributed by atoms with E-state index in [4.69, 9.17) is 16.0 Å². The molecule has 5 aromatic rings. The van der Waals surface area contributed by atoms with Crippen LogP contribution in [0.1, 0.15) is 10.4 Å². The first-order chi connectivity index (χ1) is 15.6. The predicted octanol–water partition coefficient (Wildman–Crippen LogP) is 5.21. The standard InChI is InChI=1S/C23H15ClFN5O2/c24-18-4-2-1-3-17(18)22(31)29-28-19-10-7-15(13-26-19)21-20(14-5-8-16(25)9-6-14)27-23-30(21)11-12-32-23/h1-13H,(H,26,28)(H,29,31). The number of anilines is 1. The second kappa shape index (κ2) is 8.16. The fraction of sp³-hybridized carbons (Fsp3) is 0. The van der Waals surface area contributed by atoms with Gasteiger partial charge in [0.1, 0.15) is 23.6 Å². The Morgan fingerprint density at radius 2 is 1.81 bits per heavy atom. The first-order valence-corrected chi connectivity index (χ1v) is 9.97. The van der Waals surface area contributed by atoms with Crippen molar-refractivity contribution in [1.29, 1.82) is 0 Å². The van der Waals surface area contributed by atoms with Crippen molar-refractivity contribution in [2.24, 2.45) is 0 Å². The maximum absolute atomic E-state index is 13.4. The minimum atomic E-state index is -0.379. The fourth-order valence-electron chi connectivity index (χ4n) is 3.31. The molecule has 9 heteroatoms. The van der Waals surface area contributed by atoms with Gasteiger partial charge in [-0.05, 0) is 48.5 Å². The van der Waals surface area contributed by atoms with Gasteiger partial charge in [0.25, 0.3) is 5.91 Å². The SMILES string of the molecule is O=C(NNc1ccc(-c2c(-c3ccc(F)cc3)nc3occn23)cn1)c1ccccc1Cl. The predicted molar refractivity (Wildman–Crippen MR) is 119 cm³/mol. The maximum Gasteiger partial charge on any atom is 0.306 e. The lowest BCUT2D eigenvalue weighted by atomic mass is 10.1. The Bertz CT molecular complexity index is 1410. The molecule has 3 aromatic heterocycles. The number of amides is 1. The molecule has 0 aliphatic rings. The summed E-state index contributed by atoms with van der Waals surface area (Å²) in [4.78, 5) is 21.2. The summed E-state index contributed by atoms with van der Waals surface area (Å²) in [5.41, 5.74) is 8.60. The molecular weight excluding hydrogens is 433 g/mol. The molecule has 0 atom stereocenters. The van der Waals surface area contributed by atoms with Crippen LogP contribution in [0.25, 0.3) is 28.4 Å². The van der Waals surface area contributed by atoms with E-state index in [9.17, 15) is 9.18 Å². The number of hydrogen-bond acceptors (Lipinski definition) is 5. The van der Waals surface area contributed by atoms with Gasteiger partial charge >= 0.3 is 5.84 Å². The number of fused-ring (bicyclic) bond motifs is 1. The van der Waals surface area contributed by atoms with Gasteiger partial charge in [-0.2, -0.15) is 4.98 Å². The number of oxazole rings is 1. The summed E-state index contributed by atoms with van der Waals surface area (Å²) in [5, 5.41) is 0.355. The van der Waals surface area contributed by atoms with Gasteiger partial charge in [-0.25, -0.2) is 9.37 Å². The number of halogens is 2. The van der Waals surface area contributed by atoms with E-state index in [0.717, 1.165) is 16.8 Å². The van der Waals surface area contributed by atoms with E-state index in [1.54, 1.807) is 59.3 Å². The molecule has 0 radical (unpaired) electrons. The lowest BCUT2D eigenvalue weighted by Gasteiger charge is -2.10. The normalized spacial score (nSPS) is 10.9. The van der Waals surface area contributed by atoms with Gasteiger partial charge in [0.2, 0.25) is 0 Å². The number of nitrogens with one attached hydrogen (secondary N) is 2. The zero-order chi connectivity index (χ0) is 22.1. The highest BCUT2D eigenvalue weighted by atomic mass is 35.5. The molecule has 0 aliphatic heterocycles. The van der Waals surface area contributed by atoms with E-state index in [0.29, 0.717) is 27.9 Å². The van der Waals surface area contributed by atoms with Crippen molar-refractivity contribution in [2.45, 2.75) is 0 Å². The molecule has 32 heavy (non-hydrogen) atoms. The van der Waals surface area contributed by atoms with Crippen LogP contribution in [0.3, 0.4) is 0 Å². The number of rotatable bonds is 5. The van der Waals surface area contributed by atoms with Gasteiger partial charge < -0.3 is 4.42 Å². The molecule has 0 fully saturated rings. The fourth-order valence-corrected chi connectivity index (χ4v) is 3.53. The Kier molecular flexibility index (Phi) is 5.04. The number of nitrogens with zero attached hydrogens (tertiary/aromatic N) is 3. The summed E-state index contributed by atoms with van der Waals surface area (Å²) in [7, 11) is 0. The number of imidazole rings is 1. The first-order valence-electron chi connectivity index (χ1n) is 9.59. The Morgan fingerprint density at radius 1 is 1.03 bits per heavy atom. The highest BCUT2D eigenvalue weighted by Crippen LogP contribution is 2.33. The van der Waals surface area contributed by atoms with Crippen LogP contribution in [0.2, 0.25) is 5.02 Å². The number of pyridine rings is 1. The molecule has 5 rings (SSSR count). The van der Waals surface area contributed by atoms with E-state index in [2.05, 4.69) is 20.8 Å². The van der Waals surface area contributed by atoms with Gasteiger partial charge in [-0.15, -0.1) is 0 Å². The zero-order valence-corrected chi connectivity index (χ0v) is 17.2. The highest BCUT2D eigenvalue weighted by molar-refractivity contribution is 6.33. The van der Waals surface area contributed by atoms with Crippen LogP contribution in [0, 0.1) is 5.82 Å². The Morgan fingerprint density at radius 3 is 2.56 bits per heavy atom. The molecule has 2 aromatic carbocycles. The highest BCUT2D eigenvalue weighted by Gasteiger charge is 2.18. The third-order valence-electron chi connectivity index (χ3n) is 4.84. The van der Waals surface area contributed by atoms with Crippen LogP contribution < -0.4 is 10.9 Å². The summed E-state index contributed by atoms with van der Waals surface area (Å²) in [5.74, 6) is 0.143. The van der Waals surface area contributed by atoms with Crippen molar-refractivity contribution in [3.8, 4) is 22.5 Å². The number of aromatic nitrogens is 3. The summed E-state index contributed by atoms with van der Waals surface area (Å²) < 4.78 is 20.6. The molecule has 0 saturated heterocycles. The molecule has 0 saturated carbocycles. The van der Waals surface area contributed by atoms with Gasteiger partial charge in [0.15, 0.2) is 0 Å². The van der Waals surface area contributed by atoms with Crippen LogP contribution in [-0.4, -0.2) is 20.3 Å². The van der Waals surface area contributed by atoms with Crippen molar-refractivity contribution in [3.63, 3.8) is 0 Å². The number of hydrogen-bond donors (Lipinski definition) is 2. The number of carbonyl (C=O) groups is 1. The monoisotopic (exact) mass is 447 g/mol. The Balaban J connectivity index is 1.41. The Labute approximate surface area is 186 Å². The van der Waals surface area contributed by atoms with Gasteiger partial charge in [0, 0.05) is 23.5 Å². The van der Waals surface area contributed by atoms with Gasteiger partial charge in [0.05, 0.1) is 16.3 Å². The number of benzene rings is 2. The van der Waals surface area contributed by atoms with Crippen LogP contribution in [0.4, 0.5) is 10.2 Å². The molecule has 158 valence electrons. The average Bonchev–Trinajstić information content (AvgIpc) is 3.40. The van der Waals surface area contributed by atoms with E-state index in [1.165, 1.54) is 18.4 Å². The second-order valence-electron chi connectivity index (χ2n) is 6.86.